The lowest BCUT2D eigenvalue weighted by Gasteiger charge is -2.29. The fourth-order valence-corrected chi connectivity index (χ4v) is 4.20. The van der Waals surface area contributed by atoms with Crippen molar-refractivity contribution in [2.45, 2.75) is 33.2 Å². The van der Waals surface area contributed by atoms with E-state index in [0.29, 0.717) is 17.2 Å². The topological polar surface area (TPSA) is 80.6 Å². The quantitative estimate of drug-likeness (QED) is 0.251. The Labute approximate surface area is 203 Å². The van der Waals surface area contributed by atoms with Crippen molar-refractivity contribution in [3.05, 3.63) is 71.4 Å². The molecule has 2 amide bonds. The number of benzene rings is 2. The van der Waals surface area contributed by atoms with Crippen LogP contribution in [0.3, 0.4) is 0 Å². The molecule has 1 saturated heterocycles. The number of carbonyl (C=O) groups excluding carboxylic acids is 3. The highest BCUT2D eigenvalue weighted by Crippen LogP contribution is 2.27. The molecule has 1 aliphatic heterocycles. The normalized spacial score (nSPS) is 15.4. The molecule has 2 heterocycles. The molecule has 0 radical (unpaired) electrons. The Kier molecular flexibility index (Phi) is 6.61. The second-order valence-corrected chi connectivity index (χ2v) is 8.63. The highest BCUT2D eigenvalue weighted by molar-refractivity contribution is 7.80. The summed E-state index contributed by atoms with van der Waals surface area (Å²) in [6, 6.07) is 15.0. The number of carbonyl (C=O) groups is 3. The Morgan fingerprint density at radius 2 is 1.82 bits per heavy atom. The number of aromatic nitrogens is 1. The molecular formula is C26H25N3O4S. The van der Waals surface area contributed by atoms with Crippen LogP contribution in [0.4, 0.5) is 5.69 Å². The summed E-state index contributed by atoms with van der Waals surface area (Å²) >= 11 is 5.31. The SMILES string of the molecule is CCOC(=O)Cn1cc(/C=C2\C(=O)NC(=S)N(c3ccc(C(C)C)cc3)C2=O)c2ccccc21. The van der Waals surface area contributed by atoms with E-state index in [1.165, 1.54) is 4.90 Å². The van der Waals surface area contributed by atoms with Crippen LogP contribution in [-0.2, 0) is 25.7 Å². The van der Waals surface area contributed by atoms with Gasteiger partial charge in [-0.1, -0.05) is 44.2 Å². The predicted octanol–water partition coefficient (Wildman–Crippen LogP) is 4.16. The first-order valence-electron chi connectivity index (χ1n) is 11.0. The summed E-state index contributed by atoms with van der Waals surface area (Å²) in [4.78, 5) is 39.5. The first-order valence-corrected chi connectivity index (χ1v) is 11.5. The average Bonchev–Trinajstić information content (AvgIpc) is 3.14. The number of rotatable bonds is 6. The molecule has 174 valence electrons. The van der Waals surface area contributed by atoms with Crippen molar-refractivity contribution in [3.8, 4) is 0 Å². The molecule has 0 unspecified atom stereocenters. The molecule has 0 saturated carbocycles. The molecule has 7 nitrogen and oxygen atoms in total. The van der Waals surface area contributed by atoms with Crippen LogP contribution in [0.25, 0.3) is 17.0 Å². The number of nitrogens with one attached hydrogen (secondary N) is 1. The number of anilines is 1. The molecule has 0 spiro atoms. The van der Waals surface area contributed by atoms with Gasteiger partial charge in [-0.25, -0.2) is 0 Å². The van der Waals surface area contributed by atoms with Gasteiger partial charge in [0, 0.05) is 22.7 Å². The Morgan fingerprint density at radius 3 is 2.50 bits per heavy atom. The van der Waals surface area contributed by atoms with E-state index < -0.39 is 11.8 Å². The van der Waals surface area contributed by atoms with Crippen molar-refractivity contribution in [1.29, 1.82) is 0 Å². The standard InChI is InChI=1S/C26H25N3O4S/c1-4-33-23(30)15-28-14-18(20-7-5-6-8-22(20)28)13-21-24(31)27-26(34)29(25(21)32)19-11-9-17(10-12-19)16(2)3/h5-14,16H,4,15H2,1-3H3,(H,27,31,34)/b21-13+. The van der Waals surface area contributed by atoms with Gasteiger partial charge in [0.15, 0.2) is 5.11 Å². The van der Waals surface area contributed by atoms with E-state index in [2.05, 4.69) is 19.2 Å². The van der Waals surface area contributed by atoms with Crippen LogP contribution >= 0.6 is 12.2 Å². The lowest BCUT2D eigenvalue weighted by Crippen LogP contribution is -2.54. The van der Waals surface area contributed by atoms with Crippen LogP contribution in [0.2, 0.25) is 0 Å². The number of thiocarbonyl (C=S) groups is 1. The fraction of sp³-hybridized carbons (Fsp3) is 0.231. The molecule has 1 fully saturated rings. The zero-order valence-electron chi connectivity index (χ0n) is 19.2. The predicted molar refractivity (Wildman–Crippen MR) is 135 cm³/mol. The minimum Gasteiger partial charge on any atom is -0.465 e. The number of esters is 1. The van der Waals surface area contributed by atoms with Gasteiger partial charge in [-0.3, -0.25) is 24.6 Å². The molecule has 4 rings (SSSR count). The first-order chi connectivity index (χ1) is 16.3. The van der Waals surface area contributed by atoms with Gasteiger partial charge < -0.3 is 9.30 Å². The summed E-state index contributed by atoms with van der Waals surface area (Å²) in [6.07, 6.45) is 3.28. The molecule has 1 aromatic heterocycles. The Bertz CT molecular complexity index is 1320. The van der Waals surface area contributed by atoms with Crippen molar-refractivity contribution < 1.29 is 19.1 Å². The number of para-hydroxylation sites is 1. The number of amides is 2. The van der Waals surface area contributed by atoms with Crippen molar-refractivity contribution in [1.82, 2.24) is 9.88 Å². The van der Waals surface area contributed by atoms with E-state index in [1.54, 1.807) is 23.8 Å². The third-order valence-corrected chi connectivity index (χ3v) is 5.93. The number of hydrogen-bond donors (Lipinski definition) is 1. The van der Waals surface area contributed by atoms with E-state index in [9.17, 15) is 14.4 Å². The zero-order valence-corrected chi connectivity index (χ0v) is 20.0. The second-order valence-electron chi connectivity index (χ2n) is 8.24. The Morgan fingerprint density at radius 1 is 1.12 bits per heavy atom. The highest BCUT2D eigenvalue weighted by Gasteiger charge is 2.34. The third-order valence-electron chi connectivity index (χ3n) is 5.64. The van der Waals surface area contributed by atoms with Crippen LogP contribution in [0.1, 0.15) is 37.8 Å². The van der Waals surface area contributed by atoms with Gasteiger partial charge in [0.2, 0.25) is 0 Å². The number of hydrogen-bond acceptors (Lipinski definition) is 5. The summed E-state index contributed by atoms with van der Waals surface area (Å²) in [5.74, 6) is -1.09. The molecular weight excluding hydrogens is 450 g/mol. The van der Waals surface area contributed by atoms with E-state index >= 15 is 0 Å². The smallest absolute Gasteiger partial charge is 0.325 e. The molecule has 0 atom stereocenters. The molecule has 34 heavy (non-hydrogen) atoms. The van der Waals surface area contributed by atoms with E-state index in [4.69, 9.17) is 17.0 Å². The van der Waals surface area contributed by atoms with Gasteiger partial charge in [-0.15, -0.1) is 0 Å². The summed E-state index contributed by atoms with van der Waals surface area (Å²) in [5.41, 5.74) is 3.10. The summed E-state index contributed by atoms with van der Waals surface area (Å²) in [5, 5.41) is 3.46. The Balaban J connectivity index is 1.73. The number of fused-ring (bicyclic) bond motifs is 1. The molecule has 1 N–H and O–H groups in total. The van der Waals surface area contributed by atoms with Crippen LogP contribution in [0.15, 0.2) is 60.3 Å². The zero-order chi connectivity index (χ0) is 24.4. The van der Waals surface area contributed by atoms with Crippen LogP contribution in [0, 0.1) is 0 Å². The van der Waals surface area contributed by atoms with Crippen LogP contribution in [-0.4, -0.2) is 34.1 Å². The lowest BCUT2D eigenvalue weighted by molar-refractivity contribution is -0.143. The monoisotopic (exact) mass is 475 g/mol. The van der Waals surface area contributed by atoms with Gasteiger partial charge in [-0.05, 0) is 54.9 Å². The van der Waals surface area contributed by atoms with Gasteiger partial charge in [0.1, 0.15) is 12.1 Å². The summed E-state index contributed by atoms with van der Waals surface area (Å²) in [7, 11) is 0. The van der Waals surface area contributed by atoms with Crippen molar-refractivity contribution in [2.75, 3.05) is 11.5 Å². The summed E-state index contributed by atoms with van der Waals surface area (Å²) < 4.78 is 6.82. The number of ether oxygens (including phenoxy) is 1. The minimum absolute atomic E-state index is 0.0239. The molecule has 3 aromatic rings. The summed E-state index contributed by atoms with van der Waals surface area (Å²) in [6.45, 7) is 6.24. The van der Waals surface area contributed by atoms with Crippen LogP contribution in [0.5, 0.6) is 0 Å². The Hall–Kier alpha value is -3.78. The maximum Gasteiger partial charge on any atom is 0.325 e. The van der Waals surface area contributed by atoms with Crippen molar-refractivity contribution >= 4 is 57.8 Å². The second kappa shape index (κ2) is 9.61. The van der Waals surface area contributed by atoms with Crippen molar-refractivity contribution in [3.63, 3.8) is 0 Å². The maximum atomic E-state index is 13.4. The third kappa shape index (κ3) is 4.49. The molecule has 1 aliphatic rings. The fourth-order valence-electron chi connectivity index (χ4n) is 3.92. The van der Waals surface area contributed by atoms with Crippen molar-refractivity contribution in [2.24, 2.45) is 0 Å². The van der Waals surface area contributed by atoms with Gasteiger partial charge in [0.25, 0.3) is 11.8 Å². The number of nitrogens with zero attached hydrogens (tertiary/aromatic N) is 2. The largest absolute Gasteiger partial charge is 0.465 e. The van der Waals surface area contributed by atoms with Gasteiger partial charge >= 0.3 is 5.97 Å². The molecule has 0 bridgehead atoms. The highest BCUT2D eigenvalue weighted by atomic mass is 32.1. The first kappa shape index (κ1) is 23.4. The van der Waals surface area contributed by atoms with Gasteiger partial charge in [-0.2, -0.15) is 0 Å². The van der Waals surface area contributed by atoms with E-state index in [-0.39, 0.29) is 29.8 Å². The van der Waals surface area contributed by atoms with E-state index in [1.807, 2.05) is 48.5 Å². The maximum absolute atomic E-state index is 13.4. The minimum atomic E-state index is -0.563. The average molecular weight is 476 g/mol. The molecule has 8 heteroatoms. The lowest BCUT2D eigenvalue weighted by atomic mass is 10.0. The molecule has 2 aromatic carbocycles. The van der Waals surface area contributed by atoms with E-state index in [0.717, 1.165) is 16.5 Å². The molecule has 0 aliphatic carbocycles. The van der Waals surface area contributed by atoms with Crippen LogP contribution < -0.4 is 10.2 Å². The van der Waals surface area contributed by atoms with Gasteiger partial charge in [0.05, 0.1) is 12.3 Å².